The van der Waals surface area contributed by atoms with Gasteiger partial charge in [0.2, 0.25) is 5.91 Å². The summed E-state index contributed by atoms with van der Waals surface area (Å²) in [4.78, 5) is 12.5. The minimum absolute atomic E-state index is 0.351. The van der Waals surface area contributed by atoms with E-state index in [1.165, 1.54) is 141 Å². The van der Waals surface area contributed by atoms with Gasteiger partial charge in [-0.3, -0.25) is 4.79 Å². The Kier molecular flexibility index (Phi) is 40.5. The van der Waals surface area contributed by atoms with Gasteiger partial charge in [-0.2, -0.15) is 0 Å². The molecule has 1 amide bonds. The summed E-state index contributed by atoms with van der Waals surface area (Å²) in [5.41, 5.74) is 0. The summed E-state index contributed by atoms with van der Waals surface area (Å²) in [6.45, 7) is 4.03. The first kappa shape index (κ1) is 51.5. The molecule has 0 aromatic rings. The lowest BCUT2D eigenvalue weighted by molar-refractivity contribution is -0.132. The number of aliphatic hydroxyl groups excluding tert-OH is 4. The highest BCUT2D eigenvalue weighted by Gasteiger charge is 2.28. The van der Waals surface area contributed by atoms with E-state index in [-0.39, 0.29) is 0 Å². The first-order valence-electron chi connectivity index (χ1n) is 22.9. The Hall–Kier alpha value is -1.47. The third kappa shape index (κ3) is 36.0. The summed E-state index contributed by atoms with van der Waals surface area (Å²) < 4.78 is 0. The fourth-order valence-electron chi connectivity index (χ4n) is 6.90. The first-order valence-corrected chi connectivity index (χ1v) is 22.9. The summed E-state index contributed by atoms with van der Waals surface area (Å²) in [5, 5.41) is 43.7. The summed E-state index contributed by atoms with van der Waals surface area (Å²) in [6, 6.07) is -1.01. The van der Waals surface area contributed by atoms with Crippen molar-refractivity contribution >= 4 is 5.91 Å². The minimum Gasteiger partial charge on any atom is -0.394 e. The number of allylic oxidation sites excluding steroid dienone is 6. The number of hydrogen-bond donors (Lipinski definition) is 5. The highest BCUT2D eigenvalue weighted by molar-refractivity contribution is 5.80. The van der Waals surface area contributed by atoms with Crippen molar-refractivity contribution in [2.24, 2.45) is 0 Å². The third-order valence-electron chi connectivity index (χ3n) is 10.6. The van der Waals surface area contributed by atoms with Crippen molar-refractivity contribution in [3.05, 3.63) is 36.5 Å². The molecule has 0 saturated carbocycles. The molecule has 0 aromatic heterocycles. The molecule has 4 unspecified atom stereocenters. The topological polar surface area (TPSA) is 110 Å². The molecule has 0 heterocycles. The van der Waals surface area contributed by atoms with Gasteiger partial charge in [0.05, 0.1) is 18.8 Å². The van der Waals surface area contributed by atoms with Crippen LogP contribution in [0.3, 0.4) is 0 Å². The van der Waals surface area contributed by atoms with E-state index in [0.29, 0.717) is 12.8 Å². The number of carbonyl (C=O) groups is 1. The van der Waals surface area contributed by atoms with Crippen LogP contribution in [0.1, 0.15) is 226 Å². The monoisotopic (exact) mass is 748 g/mol. The van der Waals surface area contributed by atoms with Gasteiger partial charge in [-0.15, -0.1) is 0 Å². The maximum Gasteiger partial charge on any atom is 0.249 e. The number of rotatable bonds is 41. The van der Waals surface area contributed by atoms with Crippen LogP contribution in [0.25, 0.3) is 0 Å². The molecule has 4 atom stereocenters. The van der Waals surface area contributed by atoms with Crippen LogP contribution in [-0.4, -0.2) is 57.3 Å². The van der Waals surface area contributed by atoms with Crippen LogP contribution in [0.4, 0.5) is 0 Å². The van der Waals surface area contributed by atoms with Crippen LogP contribution < -0.4 is 5.32 Å². The standard InChI is InChI=1S/C47H89NO5/c1-3-5-7-9-11-13-15-17-19-20-21-22-23-24-25-27-29-31-33-35-37-39-41-45(51)47(53)48-43(42-49)46(52)44(50)40-38-36-34-32-30-28-26-18-16-14-12-10-8-6-4-2/h21-22,24-25,32,34,43-46,49-52H,3-20,23,26-31,33,35-42H2,1-2H3,(H,48,53)/b22-21-,25-24-,34-32+. The van der Waals surface area contributed by atoms with Crippen molar-refractivity contribution in [2.45, 2.75) is 250 Å². The molecule has 0 saturated heterocycles. The fraction of sp³-hybridized carbons (Fsp3) is 0.851. The molecule has 0 aliphatic carbocycles. The van der Waals surface area contributed by atoms with Crippen LogP contribution in [0.5, 0.6) is 0 Å². The molecular weight excluding hydrogens is 659 g/mol. The molecule has 5 N–H and O–H groups in total. The highest BCUT2D eigenvalue weighted by atomic mass is 16.3. The van der Waals surface area contributed by atoms with E-state index in [9.17, 15) is 25.2 Å². The average molecular weight is 748 g/mol. The maximum absolute atomic E-state index is 12.5. The summed E-state index contributed by atoms with van der Waals surface area (Å²) in [6.07, 6.45) is 48.9. The second-order valence-corrected chi connectivity index (χ2v) is 15.7. The van der Waals surface area contributed by atoms with E-state index in [4.69, 9.17) is 0 Å². The molecule has 0 aliphatic heterocycles. The van der Waals surface area contributed by atoms with E-state index < -0.39 is 36.9 Å². The highest BCUT2D eigenvalue weighted by Crippen LogP contribution is 2.15. The summed E-state index contributed by atoms with van der Waals surface area (Å²) in [7, 11) is 0. The van der Waals surface area contributed by atoms with E-state index in [1.807, 2.05) is 0 Å². The first-order chi connectivity index (χ1) is 26.0. The van der Waals surface area contributed by atoms with Crippen LogP contribution >= 0.6 is 0 Å². The van der Waals surface area contributed by atoms with Gasteiger partial charge >= 0.3 is 0 Å². The van der Waals surface area contributed by atoms with E-state index in [1.54, 1.807) is 0 Å². The zero-order valence-corrected chi connectivity index (χ0v) is 35.0. The molecule has 0 rings (SSSR count). The SMILES string of the molecule is CCCCCCCCCCC/C=C\C/C=C\CCCCCCCCC(O)C(=O)NC(CO)C(O)C(O)CCC/C=C/CCCCCCCCCCCC. The molecule has 0 bridgehead atoms. The normalized spacial score (nSPS) is 14.5. The molecule has 6 nitrogen and oxygen atoms in total. The Morgan fingerprint density at radius 1 is 0.472 bits per heavy atom. The van der Waals surface area contributed by atoms with Gasteiger partial charge in [-0.25, -0.2) is 0 Å². The van der Waals surface area contributed by atoms with Crippen molar-refractivity contribution < 1.29 is 25.2 Å². The van der Waals surface area contributed by atoms with Gasteiger partial charge in [0.25, 0.3) is 0 Å². The number of aliphatic hydroxyl groups is 4. The number of amides is 1. The van der Waals surface area contributed by atoms with Gasteiger partial charge in [0.15, 0.2) is 0 Å². The molecule has 53 heavy (non-hydrogen) atoms. The minimum atomic E-state index is -1.28. The largest absolute Gasteiger partial charge is 0.394 e. The maximum atomic E-state index is 12.5. The summed E-state index contributed by atoms with van der Waals surface area (Å²) >= 11 is 0. The van der Waals surface area contributed by atoms with Crippen molar-refractivity contribution in [3.8, 4) is 0 Å². The second-order valence-electron chi connectivity index (χ2n) is 15.7. The Morgan fingerprint density at radius 3 is 1.25 bits per heavy atom. The smallest absolute Gasteiger partial charge is 0.249 e. The van der Waals surface area contributed by atoms with Crippen molar-refractivity contribution in [2.75, 3.05) is 6.61 Å². The van der Waals surface area contributed by atoms with Crippen molar-refractivity contribution in [1.82, 2.24) is 5.32 Å². The van der Waals surface area contributed by atoms with Gasteiger partial charge in [0, 0.05) is 0 Å². The van der Waals surface area contributed by atoms with Crippen molar-refractivity contribution in [3.63, 3.8) is 0 Å². The Balaban J connectivity index is 3.78. The van der Waals surface area contributed by atoms with Crippen LogP contribution in [0.15, 0.2) is 36.5 Å². The van der Waals surface area contributed by atoms with Crippen LogP contribution in [0.2, 0.25) is 0 Å². The lowest BCUT2D eigenvalue weighted by Crippen LogP contribution is -2.53. The number of nitrogens with one attached hydrogen (secondary N) is 1. The Bertz CT molecular complexity index is 843. The fourth-order valence-corrected chi connectivity index (χ4v) is 6.90. The van der Waals surface area contributed by atoms with Gasteiger partial charge in [-0.05, 0) is 70.6 Å². The van der Waals surface area contributed by atoms with Gasteiger partial charge < -0.3 is 25.7 Å². The number of carbonyl (C=O) groups excluding carboxylic acids is 1. The third-order valence-corrected chi connectivity index (χ3v) is 10.6. The predicted molar refractivity (Wildman–Crippen MR) is 228 cm³/mol. The molecular formula is C47H89NO5. The molecule has 0 radical (unpaired) electrons. The molecule has 0 aromatic carbocycles. The van der Waals surface area contributed by atoms with Crippen LogP contribution in [-0.2, 0) is 4.79 Å². The molecule has 0 aliphatic rings. The van der Waals surface area contributed by atoms with E-state index in [2.05, 4.69) is 55.6 Å². The van der Waals surface area contributed by atoms with Crippen LogP contribution in [0, 0.1) is 0 Å². The number of hydrogen-bond acceptors (Lipinski definition) is 5. The van der Waals surface area contributed by atoms with E-state index >= 15 is 0 Å². The second kappa shape index (κ2) is 41.7. The lowest BCUT2D eigenvalue weighted by atomic mass is 10.00. The quantitative estimate of drug-likeness (QED) is 0.0316. The lowest BCUT2D eigenvalue weighted by Gasteiger charge is -2.27. The van der Waals surface area contributed by atoms with Crippen molar-refractivity contribution in [1.29, 1.82) is 0 Å². The Labute approximate surface area is 328 Å². The Morgan fingerprint density at radius 2 is 0.830 bits per heavy atom. The van der Waals surface area contributed by atoms with Gasteiger partial charge in [-0.1, -0.05) is 192 Å². The summed E-state index contributed by atoms with van der Waals surface area (Å²) in [5.74, 6) is -0.602. The molecule has 0 spiro atoms. The average Bonchev–Trinajstić information content (AvgIpc) is 3.16. The zero-order chi connectivity index (χ0) is 38.9. The number of unbranched alkanes of at least 4 members (excludes halogenated alkanes) is 26. The molecule has 312 valence electrons. The zero-order valence-electron chi connectivity index (χ0n) is 35.0. The van der Waals surface area contributed by atoms with Gasteiger partial charge in [0.1, 0.15) is 12.2 Å². The predicted octanol–water partition coefficient (Wildman–Crippen LogP) is 12.1. The molecule has 0 fully saturated rings. The molecule has 6 heteroatoms. The van der Waals surface area contributed by atoms with E-state index in [0.717, 1.165) is 57.8 Å².